The molecule has 22 heavy (non-hydrogen) atoms. The number of hydrogen-bond acceptors (Lipinski definition) is 4. The van der Waals surface area contributed by atoms with Gasteiger partial charge < -0.3 is 14.4 Å². The van der Waals surface area contributed by atoms with Crippen molar-refractivity contribution >= 4 is 35.1 Å². The molecule has 0 saturated carbocycles. The highest BCUT2D eigenvalue weighted by Gasteiger charge is 2.22. The van der Waals surface area contributed by atoms with Gasteiger partial charge in [-0.05, 0) is 39.0 Å². The van der Waals surface area contributed by atoms with Gasteiger partial charge in [0.15, 0.2) is 12.7 Å². The summed E-state index contributed by atoms with van der Waals surface area (Å²) in [5.74, 6) is -0.548. The highest BCUT2D eigenvalue weighted by Crippen LogP contribution is 2.27. The summed E-state index contributed by atoms with van der Waals surface area (Å²) >= 11 is 11.7. The van der Waals surface area contributed by atoms with E-state index in [9.17, 15) is 9.59 Å². The molecular weight excluding hydrogens is 329 g/mol. The summed E-state index contributed by atoms with van der Waals surface area (Å²) in [4.78, 5) is 25.3. The molecule has 1 aromatic carbocycles. The Balaban J connectivity index is 2.50. The zero-order valence-electron chi connectivity index (χ0n) is 12.8. The maximum atomic E-state index is 12.0. The van der Waals surface area contributed by atoms with Crippen LogP contribution in [0.4, 0.5) is 0 Å². The van der Waals surface area contributed by atoms with E-state index in [-0.39, 0.29) is 12.5 Å². The molecule has 0 spiro atoms. The monoisotopic (exact) mass is 347 g/mol. The molecule has 0 unspecified atom stereocenters. The van der Waals surface area contributed by atoms with E-state index in [1.54, 1.807) is 17.0 Å². The molecule has 0 radical (unpaired) electrons. The number of carbonyl (C=O) groups is 2. The predicted molar refractivity (Wildman–Crippen MR) is 85.4 cm³/mol. The molecule has 0 aromatic heterocycles. The first-order valence-electron chi connectivity index (χ1n) is 6.95. The van der Waals surface area contributed by atoms with Gasteiger partial charge in [0.2, 0.25) is 0 Å². The second-order valence-corrected chi connectivity index (χ2v) is 5.35. The minimum absolute atomic E-state index is 0.233. The van der Waals surface area contributed by atoms with Crippen LogP contribution in [0.25, 0.3) is 0 Å². The number of likely N-dealkylation sites (N-methyl/N-ethyl adjacent to an activating group) is 1. The van der Waals surface area contributed by atoms with Gasteiger partial charge in [-0.1, -0.05) is 23.2 Å². The molecule has 0 saturated heterocycles. The molecule has 0 N–H and O–H groups in total. The van der Waals surface area contributed by atoms with Gasteiger partial charge >= 0.3 is 5.97 Å². The SMILES string of the molecule is CCN(CC)C(=O)[C@@H](C)OC(=O)COc1ccc(Cl)cc1Cl. The highest BCUT2D eigenvalue weighted by atomic mass is 35.5. The van der Waals surface area contributed by atoms with Crippen molar-refractivity contribution in [3.05, 3.63) is 28.2 Å². The van der Waals surface area contributed by atoms with E-state index in [0.717, 1.165) is 0 Å². The van der Waals surface area contributed by atoms with E-state index in [4.69, 9.17) is 32.7 Å². The third kappa shape index (κ3) is 5.39. The standard InChI is InChI=1S/C15H19Cl2NO4/c1-4-18(5-2)15(20)10(3)22-14(19)9-21-13-7-6-11(16)8-12(13)17/h6-8,10H,4-5,9H2,1-3H3/t10-/m1/s1. The lowest BCUT2D eigenvalue weighted by Gasteiger charge is -2.22. The van der Waals surface area contributed by atoms with Crippen LogP contribution in [-0.4, -0.2) is 42.6 Å². The molecule has 1 amide bonds. The fraction of sp³-hybridized carbons (Fsp3) is 0.467. The summed E-state index contributed by atoms with van der Waals surface area (Å²) in [6, 6.07) is 4.67. The molecule has 122 valence electrons. The van der Waals surface area contributed by atoms with Crippen LogP contribution in [0.1, 0.15) is 20.8 Å². The minimum atomic E-state index is -0.850. The fourth-order valence-electron chi connectivity index (χ4n) is 1.80. The molecule has 1 aromatic rings. The smallest absolute Gasteiger partial charge is 0.344 e. The van der Waals surface area contributed by atoms with Gasteiger partial charge in [0.1, 0.15) is 5.75 Å². The normalized spacial score (nSPS) is 11.7. The zero-order valence-corrected chi connectivity index (χ0v) is 14.3. The minimum Gasteiger partial charge on any atom is -0.480 e. The first-order valence-corrected chi connectivity index (χ1v) is 7.70. The van der Waals surface area contributed by atoms with Crippen molar-refractivity contribution in [2.24, 2.45) is 0 Å². The number of halogens is 2. The Bertz CT molecular complexity index is 532. The number of ether oxygens (including phenoxy) is 2. The van der Waals surface area contributed by atoms with Gasteiger partial charge in [0, 0.05) is 18.1 Å². The van der Waals surface area contributed by atoms with Crippen LogP contribution in [0.5, 0.6) is 5.75 Å². The molecule has 7 heteroatoms. The number of hydrogen-bond donors (Lipinski definition) is 0. The van der Waals surface area contributed by atoms with E-state index in [1.165, 1.54) is 13.0 Å². The van der Waals surface area contributed by atoms with Gasteiger partial charge in [0.25, 0.3) is 5.91 Å². The van der Waals surface area contributed by atoms with Crippen LogP contribution in [0, 0.1) is 0 Å². The molecule has 1 rings (SSSR count). The number of rotatable bonds is 7. The maximum absolute atomic E-state index is 12.0. The number of amides is 1. The topological polar surface area (TPSA) is 55.8 Å². The summed E-state index contributed by atoms with van der Waals surface area (Å²) in [5, 5.41) is 0.769. The number of benzene rings is 1. The van der Waals surface area contributed by atoms with Crippen molar-refractivity contribution in [2.45, 2.75) is 26.9 Å². The Morgan fingerprint density at radius 2 is 1.86 bits per heavy atom. The Morgan fingerprint density at radius 3 is 2.41 bits per heavy atom. The Morgan fingerprint density at radius 1 is 1.23 bits per heavy atom. The molecule has 0 heterocycles. The van der Waals surface area contributed by atoms with E-state index in [2.05, 4.69) is 0 Å². The molecule has 0 fully saturated rings. The lowest BCUT2D eigenvalue weighted by atomic mass is 10.3. The van der Waals surface area contributed by atoms with Gasteiger partial charge in [-0.2, -0.15) is 0 Å². The summed E-state index contributed by atoms with van der Waals surface area (Å²) in [5.41, 5.74) is 0. The van der Waals surface area contributed by atoms with Crippen LogP contribution in [-0.2, 0) is 14.3 Å². The quantitative estimate of drug-likeness (QED) is 0.711. The number of nitrogens with zero attached hydrogens (tertiary/aromatic N) is 1. The molecule has 0 bridgehead atoms. The van der Waals surface area contributed by atoms with Crippen molar-refractivity contribution in [3.63, 3.8) is 0 Å². The largest absolute Gasteiger partial charge is 0.480 e. The van der Waals surface area contributed by atoms with Crippen molar-refractivity contribution in [2.75, 3.05) is 19.7 Å². The van der Waals surface area contributed by atoms with Crippen LogP contribution in [0.15, 0.2) is 18.2 Å². The third-order valence-electron chi connectivity index (χ3n) is 2.97. The lowest BCUT2D eigenvalue weighted by Crippen LogP contribution is -2.40. The fourth-order valence-corrected chi connectivity index (χ4v) is 2.27. The molecule has 0 aliphatic heterocycles. The van der Waals surface area contributed by atoms with Gasteiger partial charge in [-0.15, -0.1) is 0 Å². The molecule has 0 aliphatic carbocycles. The van der Waals surface area contributed by atoms with Crippen LogP contribution in [0.2, 0.25) is 10.0 Å². The molecule has 0 aliphatic rings. The summed E-state index contributed by atoms with van der Waals surface area (Å²) in [6.07, 6.45) is -0.850. The average molecular weight is 348 g/mol. The number of carbonyl (C=O) groups excluding carboxylic acids is 2. The first kappa shape index (κ1) is 18.6. The van der Waals surface area contributed by atoms with Crippen molar-refractivity contribution in [1.82, 2.24) is 4.90 Å². The van der Waals surface area contributed by atoms with Crippen LogP contribution in [0.3, 0.4) is 0 Å². The zero-order chi connectivity index (χ0) is 16.7. The Kier molecular flexibility index (Phi) is 7.48. The van der Waals surface area contributed by atoms with Gasteiger partial charge in [0.05, 0.1) is 5.02 Å². The summed E-state index contributed by atoms with van der Waals surface area (Å²) < 4.78 is 10.3. The van der Waals surface area contributed by atoms with Crippen LogP contribution < -0.4 is 4.74 Å². The third-order valence-corrected chi connectivity index (χ3v) is 3.50. The van der Waals surface area contributed by atoms with Gasteiger partial charge in [-0.25, -0.2) is 4.79 Å². The van der Waals surface area contributed by atoms with Gasteiger partial charge in [-0.3, -0.25) is 4.79 Å². The Hall–Kier alpha value is -1.46. The second kappa shape index (κ2) is 8.86. The predicted octanol–water partition coefficient (Wildman–Crippen LogP) is 3.17. The Labute approximate surface area is 140 Å². The highest BCUT2D eigenvalue weighted by molar-refractivity contribution is 6.35. The summed E-state index contributed by atoms with van der Waals surface area (Å²) in [7, 11) is 0. The lowest BCUT2D eigenvalue weighted by molar-refractivity contribution is -0.160. The average Bonchev–Trinajstić information content (AvgIpc) is 2.47. The molecular formula is C15H19Cl2NO4. The van der Waals surface area contributed by atoms with Crippen molar-refractivity contribution in [3.8, 4) is 5.75 Å². The number of esters is 1. The molecule has 1 atom stereocenters. The van der Waals surface area contributed by atoms with Crippen molar-refractivity contribution < 1.29 is 19.1 Å². The van der Waals surface area contributed by atoms with E-state index < -0.39 is 12.1 Å². The first-order chi connectivity index (χ1) is 10.4. The maximum Gasteiger partial charge on any atom is 0.344 e. The second-order valence-electron chi connectivity index (χ2n) is 4.51. The van der Waals surface area contributed by atoms with Crippen molar-refractivity contribution in [1.29, 1.82) is 0 Å². The molecule has 5 nitrogen and oxygen atoms in total. The summed E-state index contributed by atoms with van der Waals surface area (Å²) in [6.45, 7) is 6.05. The van der Waals surface area contributed by atoms with Crippen LogP contribution >= 0.6 is 23.2 Å². The van der Waals surface area contributed by atoms with E-state index in [1.807, 2.05) is 13.8 Å². The van der Waals surface area contributed by atoms with E-state index in [0.29, 0.717) is 28.9 Å². The van der Waals surface area contributed by atoms with E-state index >= 15 is 0 Å².